The highest BCUT2D eigenvalue weighted by molar-refractivity contribution is 7.82. The van der Waals surface area contributed by atoms with Crippen LogP contribution in [0.4, 0.5) is 0 Å². The summed E-state index contributed by atoms with van der Waals surface area (Å²) in [5, 5.41) is 26.4. The maximum absolute atomic E-state index is 13.9. The lowest BCUT2D eigenvalue weighted by atomic mass is 9.84. The number of nitrogens with zero attached hydrogens (tertiary/aromatic N) is 1. The van der Waals surface area contributed by atoms with E-state index in [1.54, 1.807) is 24.3 Å². The van der Waals surface area contributed by atoms with Gasteiger partial charge in [0, 0.05) is 24.5 Å². The maximum Gasteiger partial charge on any atom is 0.292 e. The van der Waals surface area contributed by atoms with Gasteiger partial charge in [0.05, 0.1) is 31.3 Å². The summed E-state index contributed by atoms with van der Waals surface area (Å²) in [6, 6.07) is 26.9. The molecule has 1 amide bonds. The van der Waals surface area contributed by atoms with Crippen LogP contribution in [0.3, 0.4) is 0 Å². The summed E-state index contributed by atoms with van der Waals surface area (Å²) < 4.78 is 19.3. The summed E-state index contributed by atoms with van der Waals surface area (Å²) >= 11 is 0. The number of aliphatic hydroxyl groups excluding tert-OH is 2. The number of carbonyl (C=O) groups is 2. The molecule has 9 nitrogen and oxygen atoms in total. The number of methoxy groups -OCH3 is 1. The fraction of sp³-hybridized carbons (Fsp3) is 0.459. The molecular weight excluding hydrogens is 614 g/mol. The van der Waals surface area contributed by atoms with E-state index < -0.39 is 17.0 Å². The molecule has 0 radical (unpaired) electrons. The zero-order chi connectivity index (χ0) is 34.0. The molecule has 3 aromatic carbocycles. The summed E-state index contributed by atoms with van der Waals surface area (Å²) in [5.41, 5.74) is 2.95. The molecular formula is C37H51N3O6S. The van der Waals surface area contributed by atoms with Gasteiger partial charge in [-0.25, -0.2) is 8.51 Å². The summed E-state index contributed by atoms with van der Waals surface area (Å²) in [7, 11) is 1.74. The van der Waals surface area contributed by atoms with Gasteiger partial charge in [-0.2, -0.15) is 0 Å². The van der Waals surface area contributed by atoms with Gasteiger partial charge in [0.2, 0.25) is 5.91 Å². The van der Waals surface area contributed by atoms with Crippen LogP contribution in [0.5, 0.6) is 0 Å². The van der Waals surface area contributed by atoms with E-state index in [0.717, 1.165) is 48.8 Å². The first-order chi connectivity index (χ1) is 22.9. The lowest BCUT2D eigenvalue weighted by Crippen LogP contribution is -2.50. The number of likely N-dealkylation sites (N-methyl/N-ethyl adjacent to an activating group) is 1. The van der Waals surface area contributed by atoms with Gasteiger partial charge in [0.15, 0.2) is 0 Å². The van der Waals surface area contributed by atoms with E-state index in [-0.39, 0.29) is 37.1 Å². The first-order valence-electron chi connectivity index (χ1n) is 16.4. The van der Waals surface area contributed by atoms with E-state index in [2.05, 4.69) is 39.6 Å². The summed E-state index contributed by atoms with van der Waals surface area (Å²) in [6.07, 6.45) is 5.32. The van der Waals surface area contributed by atoms with Crippen molar-refractivity contribution in [2.45, 2.75) is 81.0 Å². The van der Waals surface area contributed by atoms with Crippen LogP contribution in [0.1, 0.15) is 68.1 Å². The van der Waals surface area contributed by atoms with Crippen LogP contribution < -0.4 is 10.6 Å². The van der Waals surface area contributed by atoms with Gasteiger partial charge in [-0.15, -0.1) is 0 Å². The van der Waals surface area contributed by atoms with Crippen molar-refractivity contribution in [3.63, 3.8) is 0 Å². The third-order valence-corrected chi connectivity index (χ3v) is 10.1. The molecule has 1 aliphatic rings. The number of hydrogen-bond donors (Lipinski definition) is 4. The van der Waals surface area contributed by atoms with Crippen molar-refractivity contribution in [1.29, 1.82) is 0 Å². The Hall–Kier alpha value is -3.41. The zero-order valence-electron chi connectivity index (χ0n) is 27.8. The van der Waals surface area contributed by atoms with E-state index in [1.807, 2.05) is 54.7 Å². The van der Waals surface area contributed by atoms with Crippen LogP contribution in [0, 0.1) is 5.92 Å². The highest BCUT2D eigenvalue weighted by Gasteiger charge is 2.36. The molecule has 4 N–H and O–H groups in total. The Morgan fingerprint density at radius 3 is 2.00 bits per heavy atom. The molecule has 256 valence electrons. The van der Waals surface area contributed by atoms with E-state index in [1.165, 1.54) is 7.11 Å². The number of aliphatic hydroxyl groups is 2. The molecule has 1 saturated carbocycles. The predicted octanol–water partition coefficient (Wildman–Crippen LogP) is 4.55. The van der Waals surface area contributed by atoms with Crippen molar-refractivity contribution >= 4 is 23.4 Å². The topological polar surface area (TPSA) is 128 Å². The molecule has 0 heterocycles. The fourth-order valence-corrected chi connectivity index (χ4v) is 7.34. The molecule has 1 fully saturated rings. The lowest BCUT2D eigenvalue weighted by Gasteiger charge is -2.31. The number of rotatable bonds is 19. The predicted molar refractivity (Wildman–Crippen MR) is 186 cm³/mol. The minimum atomic E-state index is -1.42. The van der Waals surface area contributed by atoms with E-state index in [0.29, 0.717) is 30.3 Å². The minimum Gasteiger partial charge on any atom is -0.471 e. The van der Waals surface area contributed by atoms with Gasteiger partial charge in [-0.1, -0.05) is 79.7 Å². The molecule has 10 heteroatoms. The maximum atomic E-state index is 13.9. The Balaban J connectivity index is 0.00000142. The number of carbonyl (C=O) groups excluding carboxylic acids is 2. The summed E-state index contributed by atoms with van der Waals surface area (Å²) in [6.45, 7) is 2.88. The molecule has 0 saturated heterocycles. The monoisotopic (exact) mass is 665 g/mol. The third-order valence-electron chi connectivity index (χ3n) is 8.49. The SMILES string of the molecule is CCCN(C(CO)CCCC(NC(=O)C(NC)C(c1ccccc1)c1ccccc1)C1CC1)S(=O)c1ccc(CO)cc1.COC=O. The van der Waals surface area contributed by atoms with Crippen molar-refractivity contribution < 1.29 is 28.7 Å². The van der Waals surface area contributed by atoms with Crippen molar-refractivity contribution in [2.75, 3.05) is 27.3 Å². The lowest BCUT2D eigenvalue weighted by molar-refractivity contribution is -0.126. The zero-order valence-corrected chi connectivity index (χ0v) is 28.6. The minimum absolute atomic E-state index is 0.00384. The Bertz CT molecular complexity index is 1300. The van der Waals surface area contributed by atoms with Gasteiger partial charge in [-0.3, -0.25) is 9.59 Å². The van der Waals surface area contributed by atoms with E-state index in [4.69, 9.17) is 4.79 Å². The third kappa shape index (κ3) is 11.7. The highest BCUT2D eigenvalue weighted by Crippen LogP contribution is 2.36. The molecule has 4 rings (SSSR count). The number of benzene rings is 3. The van der Waals surface area contributed by atoms with E-state index >= 15 is 0 Å². The quantitative estimate of drug-likeness (QED) is 0.138. The molecule has 0 spiro atoms. The van der Waals surface area contributed by atoms with Crippen molar-refractivity contribution in [3.8, 4) is 0 Å². The molecule has 3 aromatic rings. The van der Waals surface area contributed by atoms with E-state index in [9.17, 15) is 19.2 Å². The standard InChI is InChI=1S/C35H47N3O4S.C2H4O2/c1-3-23-38(43(42)31-21-17-26(24-39)18-22-31)30(25-40)15-10-16-32(27-19-20-27)37-35(41)34(36-2)33(28-11-6-4-7-12-28)29-13-8-5-9-14-29;1-4-2-3/h4-9,11-14,17-18,21-22,27,30,32-34,36,39-40H,3,10,15-16,19-20,23-25H2,1-2H3,(H,37,41);2H,1H3. The molecule has 4 unspecified atom stereocenters. The average molecular weight is 666 g/mol. The van der Waals surface area contributed by atoms with Gasteiger partial charge in [0.1, 0.15) is 11.0 Å². The summed E-state index contributed by atoms with van der Waals surface area (Å²) in [5.74, 6) is 0.331. The Kier molecular flexibility index (Phi) is 16.8. The van der Waals surface area contributed by atoms with Crippen LogP contribution in [0.15, 0.2) is 89.8 Å². The number of hydrogen-bond acceptors (Lipinski definition) is 7. The summed E-state index contributed by atoms with van der Waals surface area (Å²) in [4.78, 5) is 23.5. The van der Waals surface area contributed by atoms with Crippen LogP contribution in [0.25, 0.3) is 0 Å². The number of ether oxygens (including phenoxy) is 1. The Morgan fingerprint density at radius 1 is 0.979 bits per heavy atom. The first-order valence-corrected chi connectivity index (χ1v) is 17.6. The van der Waals surface area contributed by atoms with Gasteiger partial charge in [0.25, 0.3) is 6.47 Å². The molecule has 47 heavy (non-hydrogen) atoms. The average Bonchev–Trinajstić information content (AvgIpc) is 3.97. The number of amides is 1. The molecule has 0 aliphatic heterocycles. The second-order valence-electron chi connectivity index (χ2n) is 11.8. The molecule has 4 atom stereocenters. The van der Waals surface area contributed by atoms with Crippen LogP contribution in [0.2, 0.25) is 0 Å². The smallest absolute Gasteiger partial charge is 0.292 e. The molecule has 0 aromatic heterocycles. The van der Waals surface area contributed by atoms with Gasteiger partial charge >= 0.3 is 0 Å². The first kappa shape index (κ1) is 38.0. The molecule has 0 bridgehead atoms. The van der Waals surface area contributed by atoms with Crippen molar-refractivity contribution in [1.82, 2.24) is 14.9 Å². The molecule has 1 aliphatic carbocycles. The normalized spacial score (nSPS) is 15.2. The van der Waals surface area contributed by atoms with Crippen LogP contribution >= 0.6 is 0 Å². The largest absolute Gasteiger partial charge is 0.471 e. The van der Waals surface area contributed by atoms with Crippen LogP contribution in [-0.2, 0) is 31.9 Å². The van der Waals surface area contributed by atoms with Gasteiger partial charge < -0.3 is 25.6 Å². The second-order valence-corrected chi connectivity index (χ2v) is 13.2. The van der Waals surface area contributed by atoms with Crippen molar-refractivity contribution in [3.05, 3.63) is 102 Å². The highest BCUT2D eigenvalue weighted by atomic mass is 32.2. The fourth-order valence-electron chi connectivity index (χ4n) is 5.91. The van der Waals surface area contributed by atoms with Crippen molar-refractivity contribution in [2.24, 2.45) is 5.92 Å². The Morgan fingerprint density at radius 2 is 1.55 bits per heavy atom. The van der Waals surface area contributed by atoms with Crippen LogP contribution in [-0.4, -0.2) is 76.5 Å². The number of nitrogens with one attached hydrogen (secondary N) is 2. The second kappa shape index (κ2) is 20.7. The Labute approximate surface area is 282 Å². The van der Waals surface area contributed by atoms with Gasteiger partial charge in [-0.05, 0) is 80.3 Å².